The number of aromatic nitrogens is 3. The van der Waals surface area contributed by atoms with Gasteiger partial charge in [0.05, 0.1) is 18.5 Å². The lowest BCUT2D eigenvalue weighted by atomic mass is 10.1. The summed E-state index contributed by atoms with van der Waals surface area (Å²) >= 11 is 0. The Morgan fingerprint density at radius 3 is 2.79 bits per heavy atom. The highest BCUT2D eigenvalue weighted by molar-refractivity contribution is 6.02. The number of hydrogen-bond acceptors (Lipinski definition) is 8. The number of nitrogens with zero attached hydrogens (tertiary/aromatic N) is 4. The minimum Gasteiger partial charge on any atom is -0.494 e. The Morgan fingerprint density at radius 1 is 1.24 bits per heavy atom. The van der Waals surface area contributed by atoms with Gasteiger partial charge in [-0.05, 0) is 48.7 Å². The molecule has 0 spiro atoms. The third-order valence-electron chi connectivity index (χ3n) is 5.28. The molecule has 3 aromatic rings. The summed E-state index contributed by atoms with van der Waals surface area (Å²) in [5.74, 6) is -0.336. The van der Waals surface area contributed by atoms with Crippen molar-refractivity contribution in [3.63, 3.8) is 0 Å². The molecule has 0 saturated carbocycles. The van der Waals surface area contributed by atoms with Gasteiger partial charge in [-0.2, -0.15) is 0 Å². The van der Waals surface area contributed by atoms with E-state index in [9.17, 15) is 9.18 Å². The summed E-state index contributed by atoms with van der Waals surface area (Å²) in [4.78, 5) is 31.3. The Morgan fingerprint density at radius 2 is 2.06 bits per heavy atom. The standard InChI is InChI=1S/C24H24FN5O4/c1-14-28-19(20-11-23(34-30-20)18-6-4-15(7-8-31)12-26-18)10-21(29-14)24(32)27-13-16-3-5-17(25)22(9-16)33-2/h3-6,9-10,12,23,31H,7-8,11,13H2,1-2H3,(H,27,32). The van der Waals surface area contributed by atoms with Crippen molar-refractivity contribution in [2.24, 2.45) is 5.16 Å². The van der Waals surface area contributed by atoms with E-state index in [0.717, 1.165) is 11.3 Å². The second-order valence-electron chi connectivity index (χ2n) is 7.74. The maximum atomic E-state index is 13.6. The molecule has 0 radical (unpaired) electrons. The van der Waals surface area contributed by atoms with Crippen molar-refractivity contribution in [1.29, 1.82) is 0 Å². The topological polar surface area (TPSA) is 119 Å². The van der Waals surface area contributed by atoms with Crippen LogP contribution in [0.3, 0.4) is 0 Å². The van der Waals surface area contributed by atoms with Crippen LogP contribution < -0.4 is 10.1 Å². The third kappa shape index (κ3) is 5.34. The van der Waals surface area contributed by atoms with Gasteiger partial charge in [0, 0.05) is 25.8 Å². The maximum absolute atomic E-state index is 13.6. The summed E-state index contributed by atoms with van der Waals surface area (Å²) in [6.07, 6.45) is 2.33. The van der Waals surface area contributed by atoms with Crippen molar-refractivity contribution in [2.75, 3.05) is 13.7 Å². The molecule has 2 aromatic heterocycles. The number of aryl methyl sites for hydroxylation is 1. The number of halogens is 1. The van der Waals surface area contributed by atoms with Crippen LogP contribution in [0, 0.1) is 12.7 Å². The second-order valence-corrected chi connectivity index (χ2v) is 7.74. The molecular weight excluding hydrogens is 441 g/mol. The normalized spacial score (nSPS) is 14.9. The fourth-order valence-electron chi connectivity index (χ4n) is 3.51. The Labute approximate surface area is 195 Å². The van der Waals surface area contributed by atoms with Crippen molar-refractivity contribution in [1.82, 2.24) is 20.3 Å². The smallest absolute Gasteiger partial charge is 0.270 e. The Bertz CT molecular complexity index is 1220. The van der Waals surface area contributed by atoms with Crippen molar-refractivity contribution in [3.8, 4) is 5.75 Å². The molecule has 1 unspecified atom stereocenters. The molecule has 34 heavy (non-hydrogen) atoms. The molecule has 3 heterocycles. The van der Waals surface area contributed by atoms with Crippen LogP contribution in [0.25, 0.3) is 0 Å². The quantitative estimate of drug-likeness (QED) is 0.525. The summed E-state index contributed by atoms with van der Waals surface area (Å²) in [6, 6.07) is 9.70. The van der Waals surface area contributed by atoms with Crippen LogP contribution in [0.4, 0.5) is 4.39 Å². The average molecular weight is 465 g/mol. The number of pyridine rings is 1. The van der Waals surface area contributed by atoms with Crippen LogP contribution in [0.1, 0.15) is 51.4 Å². The highest BCUT2D eigenvalue weighted by Gasteiger charge is 2.27. The number of amides is 1. The van der Waals surface area contributed by atoms with Crippen molar-refractivity contribution >= 4 is 11.6 Å². The molecule has 0 fully saturated rings. The summed E-state index contributed by atoms with van der Waals surface area (Å²) in [5.41, 5.74) is 3.63. The third-order valence-corrected chi connectivity index (χ3v) is 5.28. The molecule has 1 atom stereocenters. The first-order valence-corrected chi connectivity index (χ1v) is 10.7. The van der Waals surface area contributed by atoms with Gasteiger partial charge in [0.2, 0.25) is 0 Å². The van der Waals surface area contributed by atoms with Crippen LogP contribution in [-0.2, 0) is 17.8 Å². The van der Waals surface area contributed by atoms with Crippen molar-refractivity contribution in [2.45, 2.75) is 32.4 Å². The molecule has 0 saturated heterocycles. The molecule has 1 aromatic carbocycles. The van der Waals surface area contributed by atoms with Crippen LogP contribution >= 0.6 is 0 Å². The molecular formula is C24H24FN5O4. The van der Waals surface area contributed by atoms with E-state index in [0.29, 0.717) is 35.6 Å². The number of aliphatic hydroxyl groups is 1. The number of carbonyl (C=O) groups excluding carboxylic acids is 1. The number of nitrogens with one attached hydrogen (secondary N) is 1. The summed E-state index contributed by atoms with van der Waals surface area (Å²) in [7, 11) is 1.38. The average Bonchev–Trinajstić information content (AvgIpc) is 3.34. The molecule has 2 N–H and O–H groups in total. The van der Waals surface area contributed by atoms with E-state index in [1.165, 1.54) is 19.2 Å². The van der Waals surface area contributed by atoms with Gasteiger partial charge < -0.3 is 20.0 Å². The zero-order valence-electron chi connectivity index (χ0n) is 18.8. The minimum absolute atomic E-state index is 0.0648. The zero-order valence-corrected chi connectivity index (χ0v) is 18.8. The minimum atomic E-state index is -0.470. The van der Waals surface area contributed by atoms with Gasteiger partial charge >= 0.3 is 0 Å². The molecule has 1 aliphatic rings. The number of aliphatic hydroxyl groups excluding tert-OH is 1. The second kappa shape index (κ2) is 10.3. The molecule has 10 heteroatoms. The lowest BCUT2D eigenvalue weighted by molar-refractivity contribution is 0.0825. The predicted molar refractivity (Wildman–Crippen MR) is 121 cm³/mol. The molecule has 9 nitrogen and oxygen atoms in total. The van der Waals surface area contributed by atoms with Crippen LogP contribution in [0.15, 0.2) is 47.8 Å². The van der Waals surface area contributed by atoms with Gasteiger partial charge in [-0.15, -0.1) is 0 Å². The van der Waals surface area contributed by atoms with E-state index in [1.807, 2.05) is 12.1 Å². The number of rotatable bonds is 8. The molecule has 1 amide bonds. The SMILES string of the molecule is COc1cc(CNC(=O)c2cc(C3=NOC(c4ccc(CCO)cn4)C3)nc(C)n2)ccc1F. The van der Waals surface area contributed by atoms with Crippen molar-refractivity contribution in [3.05, 3.63) is 82.4 Å². The van der Waals surface area contributed by atoms with Crippen LogP contribution in [-0.4, -0.2) is 45.4 Å². The highest BCUT2D eigenvalue weighted by Crippen LogP contribution is 2.28. The Hall–Kier alpha value is -3.92. The van der Waals surface area contributed by atoms with Gasteiger partial charge in [0.1, 0.15) is 17.2 Å². The number of carbonyl (C=O) groups is 1. The van der Waals surface area contributed by atoms with E-state index in [4.69, 9.17) is 14.7 Å². The van der Waals surface area contributed by atoms with Gasteiger partial charge in [-0.25, -0.2) is 14.4 Å². The summed E-state index contributed by atoms with van der Waals surface area (Å²) < 4.78 is 18.6. The highest BCUT2D eigenvalue weighted by atomic mass is 19.1. The first-order chi connectivity index (χ1) is 16.5. The Kier molecular flexibility index (Phi) is 7.07. The van der Waals surface area contributed by atoms with Gasteiger partial charge in [0.15, 0.2) is 17.7 Å². The lowest BCUT2D eigenvalue weighted by Gasteiger charge is -2.09. The summed E-state index contributed by atoms with van der Waals surface area (Å²) in [5, 5.41) is 16.0. The molecule has 0 aliphatic carbocycles. The van der Waals surface area contributed by atoms with E-state index >= 15 is 0 Å². The predicted octanol–water partition coefficient (Wildman–Crippen LogP) is 2.66. The van der Waals surface area contributed by atoms with Crippen LogP contribution in [0.5, 0.6) is 5.75 Å². The fourth-order valence-corrected chi connectivity index (χ4v) is 3.51. The van der Waals surface area contributed by atoms with Crippen LogP contribution in [0.2, 0.25) is 0 Å². The number of methoxy groups -OCH3 is 1. The summed E-state index contributed by atoms with van der Waals surface area (Å²) in [6.45, 7) is 1.94. The van der Waals surface area contributed by atoms with E-state index < -0.39 is 11.7 Å². The molecule has 176 valence electrons. The first kappa shape index (κ1) is 23.2. The largest absolute Gasteiger partial charge is 0.494 e. The first-order valence-electron chi connectivity index (χ1n) is 10.7. The van der Waals surface area contributed by atoms with Gasteiger partial charge in [-0.3, -0.25) is 9.78 Å². The van der Waals surface area contributed by atoms with E-state index in [2.05, 4.69) is 25.4 Å². The maximum Gasteiger partial charge on any atom is 0.270 e. The molecule has 0 bridgehead atoms. The monoisotopic (exact) mass is 465 g/mol. The molecule has 1 aliphatic heterocycles. The fraction of sp³-hybridized carbons (Fsp3) is 0.292. The lowest BCUT2D eigenvalue weighted by Crippen LogP contribution is -2.25. The number of ether oxygens (including phenoxy) is 1. The van der Waals surface area contributed by atoms with Crippen molar-refractivity contribution < 1.29 is 23.9 Å². The number of hydrogen-bond donors (Lipinski definition) is 2. The van der Waals surface area contributed by atoms with E-state index in [1.54, 1.807) is 25.3 Å². The molecule has 4 rings (SSSR count). The van der Waals surface area contributed by atoms with Gasteiger partial charge in [0.25, 0.3) is 5.91 Å². The number of benzene rings is 1. The number of oxime groups is 1. The van der Waals surface area contributed by atoms with Gasteiger partial charge in [-0.1, -0.05) is 17.3 Å². The van der Waals surface area contributed by atoms with E-state index in [-0.39, 0.29) is 30.7 Å². The Balaban J connectivity index is 1.43. The zero-order chi connectivity index (χ0) is 24.1.